The zero-order valence-corrected chi connectivity index (χ0v) is 11.5. The topological polar surface area (TPSA) is 45.0 Å². The van der Waals surface area contributed by atoms with Gasteiger partial charge in [-0.3, -0.25) is 5.32 Å². The Labute approximate surface area is 106 Å². The van der Waals surface area contributed by atoms with Crippen LogP contribution in [0.5, 0.6) is 0 Å². The fourth-order valence-corrected chi connectivity index (χ4v) is 2.33. The third-order valence-electron chi connectivity index (χ3n) is 3.63. The van der Waals surface area contributed by atoms with Gasteiger partial charge in [0.25, 0.3) is 0 Å². The zero-order valence-electron chi connectivity index (χ0n) is 11.5. The largest absolute Gasteiger partial charge is 0.375 e. The van der Waals surface area contributed by atoms with Crippen LogP contribution in [0.3, 0.4) is 0 Å². The summed E-state index contributed by atoms with van der Waals surface area (Å²) in [5.74, 6) is 0.637. The molecule has 17 heavy (non-hydrogen) atoms. The maximum Gasteiger partial charge on any atom is 0.127 e. The van der Waals surface area contributed by atoms with E-state index in [1.807, 2.05) is 6.92 Å². The van der Waals surface area contributed by atoms with Crippen molar-refractivity contribution in [3.8, 4) is 6.07 Å². The van der Waals surface area contributed by atoms with Gasteiger partial charge in [-0.05, 0) is 38.6 Å². The van der Waals surface area contributed by atoms with Crippen LogP contribution in [0.1, 0.15) is 52.9 Å². The van der Waals surface area contributed by atoms with Gasteiger partial charge in [-0.25, -0.2) is 0 Å². The maximum absolute atomic E-state index is 9.21. The van der Waals surface area contributed by atoms with E-state index in [2.05, 4.69) is 25.2 Å². The number of hydrogen-bond donors (Lipinski definition) is 1. The molecule has 0 spiro atoms. The molecular weight excluding hydrogens is 212 g/mol. The van der Waals surface area contributed by atoms with E-state index in [0.29, 0.717) is 18.6 Å². The summed E-state index contributed by atoms with van der Waals surface area (Å²) in [6.07, 6.45) is 6.38. The molecule has 0 bridgehead atoms. The van der Waals surface area contributed by atoms with Gasteiger partial charge >= 0.3 is 0 Å². The minimum atomic E-state index is -0.535. The number of rotatable bonds is 6. The van der Waals surface area contributed by atoms with E-state index < -0.39 is 5.54 Å². The van der Waals surface area contributed by atoms with Gasteiger partial charge in [-0.1, -0.05) is 26.7 Å². The summed E-state index contributed by atoms with van der Waals surface area (Å²) >= 11 is 0. The van der Waals surface area contributed by atoms with Crippen LogP contribution >= 0.6 is 0 Å². The predicted molar refractivity (Wildman–Crippen MR) is 69.7 cm³/mol. The summed E-state index contributed by atoms with van der Waals surface area (Å²) in [6, 6.07) is 2.33. The standard InChI is InChI=1S/C14H26N2O/c1-4-9-16-14(3,10-15)11-17-13-8-6-5-7-12(13)2/h12-13,16H,4-9,11H2,1-3H3. The first kappa shape index (κ1) is 14.5. The van der Waals surface area contributed by atoms with Gasteiger partial charge in [0.05, 0.1) is 18.8 Å². The molecule has 0 heterocycles. The second kappa shape index (κ2) is 6.98. The molecule has 0 amide bonds. The summed E-state index contributed by atoms with van der Waals surface area (Å²) < 4.78 is 5.96. The lowest BCUT2D eigenvalue weighted by Gasteiger charge is -2.32. The number of nitriles is 1. The van der Waals surface area contributed by atoms with Gasteiger partial charge in [0.2, 0.25) is 0 Å². The second-order valence-electron chi connectivity index (χ2n) is 5.48. The minimum Gasteiger partial charge on any atom is -0.375 e. The second-order valence-corrected chi connectivity index (χ2v) is 5.48. The van der Waals surface area contributed by atoms with Gasteiger partial charge in [0.15, 0.2) is 0 Å². The average Bonchev–Trinajstić information content (AvgIpc) is 2.35. The van der Waals surface area contributed by atoms with Crippen LogP contribution in [-0.4, -0.2) is 24.8 Å². The summed E-state index contributed by atoms with van der Waals surface area (Å²) in [5, 5.41) is 12.5. The Bertz CT molecular complexity index is 261. The van der Waals surface area contributed by atoms with Crippen molar-refractivity contribution in [1.29, 1.82) is 5.26 Å². The Morgan fingerprint density at radius 1 is 1.41 bits per heavy atom. The van der Waals surface area contributed by atoms with Crippen LogP contribution in [0.25, 0.3) is 0 Å². The molecule has 0 aromatic rings. The van der Waals surface area contributed by atoms with E-state index in [1.165, 1.54) is 19.3 Å². The Hall–Kier alpha value is -0.590. The van der Waals surface area contributed by atoms with Crippen molar-refractivity contribution in [2.75, 3.05) is 13.2 Å². The number of ether oxygens (including phenoxy) is 1. The third-order valence-corrected chi connectivity index (χ3v) is 3.63. The molecule has 1 rings (SSSR count). The van der Waals surface area contributed by atoms with E-state index in [4.69, 9.17) is 4.74 Å². The minimum absolute atomic E-state index is 0.347. The number of nitrogens with zero attached hydrogens (tertiary/aromatic N) is 1. The van der Waals surface area contributed by atoms with Gasteiger partial charge in [-0.15, -0.1) is 0 Å². The summed E-state index contributed by atoms with van der Waals surface area (Å²) in [6.45, 7) is 7.66. The van der Waals surface area contributed by atoms with E-state index >= 15 is 0 Å². The van der Waals surface area contributed by atoms with Crippen LogP contribution in [0.2, 0.25) is 0 Å². The lowest BCUT2D eigenvalue weighted by molar-refractivity contribution is -0.0226. The van der Waals surface area contributed by atoms with Crippen molar-refractivity contribution in [2.45, 2.75) is 64.5 Å². The Balaban J connectivity index is 2.38. The van der Waals surface area contributed by atoms with Crippen LogP contribution in [-0.2, 0) is 4.74 Å². The van der Waals surface area contributed by atoms with Crippen LogP contribution in [0, 0.1) is 17.2 Å². The number of nitrogens with one attached hydrogen (secondary N) is 1. The van der Waals surface area contributed by atoms with E-state index in [0.717, 1.165) is 19.4 Å². The molecule has 3 unspecified atom stereocenters. The molecule has 0 aromatic heterocycles. The molecular formula is C14H26N2O. The van der Waals surface area contributed by atoms with E-state index in [9.17, 15) is 5.26 Å². The lowest BCUT2D eigenvalue weighted by Crippen LogP contribution is -2.47. The van der Waals surface area contributed by atoms with E-state index in [1.54, 1.807) is 0 Å². The SMILES string of the molecule is CCCNC(C)(C#N)COC1CCCCC1C. The quantitative estimate of drug-likeness (QED) is 0.774. The molecule has 3 heteroatoms. The monoisotopic (exact) mass is 238 g/mol. The first-order chi connectivity index (χ1) is 8.11. The summed E-state index contributed by atoms with van der Waals surface area (Å²) in [5.41, 5.74) is -0.535. The predicted octanol–water partition coefficient (Wildman–Crippen LogP) is 2.86. The van der Waals surface area contributed by atoms with Crippen LogP contribution in [0.15, 0.2) is 0 Å². The number of hydrogen-bond acceptors (Lipinski definition) is 3. The summed E-state index contributed by atoms with van der Waals surface area (Å²) in [7, 11) is 0. The lowest BCUT2D eigenvalue weighted by atomic mass is 9.88. The summed E-state index contributed by atoms with van der Waals surface area (Å²) in [4.78, 5) is 0. The molecule has 0 aromatic carbocycles. The Morgan fingerprint density at radius 2 is 2.12 bits per heavy atom. The third kappa shape index (κ3) is 4.65. The Kier molecular flexibility index (Phi) is 5.94. The maximum atomic E-state index is 9.21. The molecule has 98 valence electrons. The van der Waals surface area contributed by atoms with Crippen molar-refractivity contribution >= 4 is 0 Å². The van der Waals surface area contributed by atoms with Crippen LogP contribution < -0.4 is 5.32 Å². The van der Waals surface area contributed by atoms with E-state index in [-0.39, 0.29) is 0 Å². The molecule has 3 atom stereocenters. The highest BCUT2D eigenvalue weighted by molar-refractivity contribution is 5.04. The first-order valence-corrected chi connectivity index (χ1v) is 6.89. The van der Waals surface area contributed by atoms with Crippen molar-refractivity contribution in [1.82, 2.24) is 5.32 Å². The highest BCUT2D eigenvalue weighted by Gasteiger charge is 2.28. The zero-order chi connectivity index (χ0) is 12.7. The highest BCUT2D eigenvalue weighted by Crippen LogP contribution is 2.26. The molecule has 1 aliphatic rings. The fraction of sp³-hybridized carbons (Fsp3) is 0.929. The first-order valence-electron chi connectivity index (χ1n) is 6.89. The van der Waals surface area contributed by atoms with Crippen molar-refractivity contribution in [3.05, 3.63) is 0 Å². The van der Waals surface area contributed by atoms with Crippen molar-refractivity contribution < 1.29 is 4.74 Å². The molecule has 1 aliphatic carbocycles. The normalized spacial score (nSPS) is 28.4. The highest BCUT2D eigenvalue weighted by atomic mass is 16.5. The molecule has 1 saturated carbocycles. The van der Waals surface area contributed by atoms with Gasteiger partial charge < -0.3 is 4.74 Å². The molecule has 3 nitrogen and oxygen atoms in total. The fourth-order valence-electron chi connectivity index (χ4n) is 2.33. The van der Waals surface area contributed by atoms with Crippen molar-refractivity contribution in [3.63, 3.8) is 0 Å². The average molecular weight is 238 g/mol. The molecule has 0 radical (unpaired) electrons. The van der Waals surface area contributed by atoms with Crippen molar-refractivity contribution in [2.24, 2.45) is 5.92 Å². The molecule has 1 fully saturated rings. The van der Waals surface area contributed by atoms with Gasteiger partial charge in [0, 0.05) is 0 Å². The molecule has 1 N–H and O–H groups in total. The van der Waals surface area contributed by atoms with Gasteiger partial charge in [-0.2, -0.15) is 5.26 Å². The Morgan fingerprint density at radius 3 is 2.71 bits per heavy atom. The van der Waals surface area contributed by atoms with Crippen LogP contribution in [0.4, 0.5) is 0 Å². The van der Waals surface area contributed by atoms with Gasteiger partial charge in [0.1, 0.15) is 5.54 Å². The smallest absolute Gasteiger partial charge is 0.127 e. The molecule has 0 aliphatic heterocycles. The molecule has 0 saturated heterocycles.